The summed E-state index contributed by atoms with van der Waals surface area (Å²) in [7, 11) is -8.73. The number of hydrogen-bond acceptors (Lipinski definition) is 8. The van der Waals surface area contributed by atoms with Crippen molar-refractivity contribution in [3.8, 4) is 11.3 Å². The molecule has 0 radical (unpaired) electrons. The quantitative estimate of drug-likeness (QED) is 0.168. The normalized spacial score (nSPS) is 11.9. The van der Waals surface area contributed by atoms with Gasteiger partial charge in [0.25, 0.3) is 10.0 Å². The van der Waals surface area contributed by atoms with Crippen molar-refractivity contribution in [2.45, 2.75) is 17.6 Å². The van der Waals surface area contributed by atoms with Crippen molar-refractivity contribution in [1.82, 2.24) is 4.98 Å². The van der Waals surface area contributed by atoms with Gasteiger partial charge < -0.3 is 5.11 Å². The molecular formula is C24H18BrF2N2O7PS2. The van der Waals surface area contributed by atoms with E-state index in [2.05, 4.69) is 30.4 Å². The Balaban J connectivity index is 1.70. The maximum Gasteiger partial charge on any atom is 0.399 e. The van der Waals surface area contributed by atoms with Gasteiger partial charge in [0.2, 0.25) is 0 Å². The van der Waals surface area contributed by atoms with Gasteiger partial charge in [-0.2, -0.15) is 0 Å². The largest absolute Gasteiger partial charge is 0.478 e. The summed E-state index contributed by atoms with van der Waals surface area (Å²) in [6.07, 6.45) is -0.705. The van der Waals surface area contributed by atoms with Gasteiger partial charge in [-0.25, -0.2) is 22.5 Å². The van der Waals surface area contributed by atoms with Crippen LogP contribution in [0.25, 0.3) is 11.3 Å². The average Bonchev–Trinajstić information content (AvgIpc) is 3.43. The second kappa shape index (κ2) is 12.0. The second-order valence-electron chi connectivity index (χ2n) is 8.06. The Bertz CT molecular complexity index is 1630. The number of anilines is 1. The number of sulfonamides is 1. The van der Waals surface area contributed by atoms with Crippen LogP contribution in [0, 0.1) is 0 Å². The van der Waals surface area contributed by atoms with E-state index in [1.807, 2.05) is 0 Å². The Morgan fingerprint density at radius 3 is 2.31 bits per heavy atom. The SMILES string of the molecule is O=C(O)c1ccc(-c2csc(N(Cc3ccc(CP(=O)(OF)OF)c(Br)c3)S(=O)(=O)c3ccccc3)n2)cc1. The van der Waals surface area contributed by atoms with E-state index >= 15 is 0 Å². The Hall–Kier alpha value is -3.00. The van der Waals surface area contributed by atoms with Crippen LogP contribution in [0.15, 0.2) is 87.5 Å². The number of nitrogens with zero attached hydrogens (tertiary/aromatic N) is 2. The van der Waals surface area contributed by atoms with Crippen LogP contribution in [0.3, 0.4) is 0 Å². The zero-order chi connectivity index (χ0) is 28.2. The highest BCUT2D eigenvalue weighted by atomic mass is 79.9. The molecule has 39 heavy (non-hydrogen) atoms. The number of halogens is 3. The van der Waals surface area contributed by atoms with Gasteiger partial charge in [-0.15, -0.1) is 20.8 Å². The molecule has 4 rings (SSSR count). The van der Waals surface area contributed by atoms with Crippen LogP contribution in [-0.2, 0) is 36.8 Å². The van der Waals surface area contributed by atoms with Gasteiger partial charge >= 0.3 is 13.6 Å². The minimum atomic E-state index is -4.63. The lowest BCUT2D eigenvalue weighted by molar-refractivity contribution is -0.0881. The van der Waals surface area contributed by atoms with Crippen molar-refractivity contribution >= 4 is 56.0 Å². The zero-order valence-corrected chi connectivity index (χ0v) is 23.7. The van der Waals surface area contributed by atoms with Crippen LogP contribution in [0.4, 0.5) is 14.2 Å². The third-order valence-corrected chi connectivity index (χ3v) is 10.1. The van der Waals surface area contributed by atoms with Gasteiger partial charge in [0.15, 0.2) is 5.13 Å². The first-order valence-electron chi connectivity index (χ1n) is 10.9. The van der Waals surface area contributed by atoms with E-state index in [4.69, 9.17) is 5.11 Å². The summed E-state index contributed by atoms with van der Waals surface area (Å²) < 4.78 is 72.0. The van der Waals surface area contributed by atoms with E-state index < -0.39 is 29.8 Å². The molecule has 15 heteroatoms. The highest BCUT2D eigenvalue weighted by Crippen LogP contribution is 2.53. The molecule has 0 aliphatic heterocycles. The highest BCUT2D eigenvalue weighted by molar-refractivity contribution is 9.10. The number of thiazole rings is 1. The molecule has 0 aliphatic carbocycles. The number of aromatic nitrogens is 1. The van der Waals surface area contributed by atoms with Gasteiger partial charge in [-0.05, 0) is 50.5 Å². The minimum Gasteiger partial charge on any atom is -0.478 e. The lowest BCUT2D eigenvalue weighted by Crippen LogP contribution is -2.30. The van der Waals surface area contributed by atoms with Gasteiger partial charge in [0.05, 0.1) is 28.9 Å². The van der Waals surface area contributed by atoms with E-state index in [9.17, 15) is 26.8 Å². The molecule has 4 aromatic rings. The van der Waals surface area contributed by atoms with Gasteiger partial charge in [-0.1, -0.05) is 58.4 Å². The van der Waals surface area contributed by atoms with Gasteiger partial charge in [0.1, 0.15) is 0 Å². The highest BCUT2D eigenvalue weighted by Gasteiger charge is 2.30. The molecule has 1 heterocycles. The molecule has 0 fully saturated rings. The Morgan fingerprint density at radius 2 is 1.72 bits per heavy atom. The molecule has 0 aliphatic rings. The van der Waals surface area contributed by atoms with E-state index in [0.29, 0.717) is 21.3 Å². The molecule has 1 aromatic heterocycles. The lowest BCUT2D eigenvalue weighted by Gasteiger charge is -2.22. The first kappa shape index (κ1) is 29.0. The minimum absolute atomic E-state index is 0.0318. The number of aromatic carboxylic acids is 1. The summed E-state index contributed by atoms with van der Waals surface area (Å²) in [6.45, 7) is -0.169. The van der Waals surface area contributed by atoms with Crippen molar-refractivity contribution in [1.29, 1.82) is 0 Å². The number of carbonyl (C=O) groups is 1. The van der Waals surface area contributed by atoms with Crippen LogP contribution in [0.5, 0.6) is 0 Å². The van der Waals surface area contributed by atoms with Crippen LogP contribution in [0.1, 0.15) is 21.5 Å². The van der Waals surface area contributed by atoms with E-state index in [1.165, 1.54) is 42.5 Å². The topological polar surface area (TPSA) is 123 Å². The van der Waals surface area contributed by atoms with Gasteiger partial charge in [-0.3, -0.25) is 4.57 Å². The Labute approximate surface area is 234 Å². The maximum absolute atomic E-state index is 13.7. The molecule has 0 unspecified atom stereocenters. The fraction of sp³-hybridized carbons (Fsp3) is 0.0833. The molecule has 0 amide bonds. The summed E-state index contributed by atoms with van der Waals surface area (Å²) >= 11 is 4.33. The van der Waals surface area contributed by atoms with Crippen molar-refractivity contribution in [3.05, 3.63) is 99.3 Å². The van der Waals surface area contributed by atoms with E-state index in [0.717, 1.165) is 15.6 Å². The summed E-state index contributed by atoms with van der Waals surface area (Å²) in [4.78, 5) is 15.7. The molecule has 204 valence electrons. The van der Waals surface area contributed by atoms with Crippen molar-refractivity contribution in [2.75, 3.05) is 4.31 Å². The van der Waals surface area contributed by atoms with Gasteiger partial charge in [0, 0.05) is 15.4 Å². The summed E-state index contributed by atoms with van der Waals surface area (Å²) in [6, 6.07) is 18.2. The summed E-state index contributed by atoms with van der Waals surface area (Å²) in [5.41, 5.74) is 1.83. The van der Waals surface area contributed by atoms with Crippen LogP contribution >= 0.6 is 34.9 Å². The average molecular weight is 659 g/mol. The zero-order valence-electron chi connectivity index (χ0n) is 19.6. The number of hydrogen-bond donors (Lipinski definition) is 1. The predicted molar refractivity (Wildman–Crippen MR) is 144 cm³/mol. The lowest BCUT2D eigenvalue weighted by atomic mass is 10.1. The van der Waals surface area contributed by atoms with Crippen LogP contribution in [-0.4, -0.2) is 24.5 Å². The van der Waals surface area contributed by atoms with Crippen molar-refractivity contribution in [2.24, 2.45) is 0 Å². The second-order valence-corrected chi connectivity index (χ2v) is 13.4. The van der Waals surface area contributed by atoms with E-state index in [-0.39, 0.29) is 27.7 Å². The Morgan fingerprint density at radius 1 is 1.05 bits per heavy atom. The number of carboxylic acid groups (broad SMARTS) is 1. The molecule has 9 nitrogen and oxygen atoms in total. The third kappa shape index (κ3) is 6.60. The molecule has 0 saturated carbocycles. The summed E-state index contributed by atoms with van der Waals surface area (Å²) in [5, 5.41) is 10.9. The standard InChI is InChI=1S/C24H18BrF2N2O7PS2/c25-21-12-16(6-7-19(21)14-37(32,35-26)36-27)13-29(39(33,34)20-4-2-1-3-5-20)24-28-22(15-38-24)17-8-10-18(11-9-17)23(30)31/h1-12,15H,13-14H2,(H,30,31). The van der Waals surface area contributed by atoms with Crippen molar-refractivity contribution < 1.29 is 41.4 Å². The number of rotatable bonds is 11. The molecule has 0 spiro atoms. The fourth-order valence-electron chi connectivity index (χ4n) is 3.52. The number of carboxylic acids is 1. The monoisotopic (exact) mass is 658 g/mol. The summed E-state index contributed by atoms with van der Waals surface area (Å²) in [5.74, 6) is -1.07. The molecular weight excluding hydrogens is 641 g/mol. The number of benzene rings is 3. The molecule has 1 N–H and O–H groups in total. The van der Waals surface area contributed by atoms with Crippen LogP contribution < -0.4 is 4.31 Å². The predicted octanol–water partition coefficient (Wildman–Crippen LogP) is 7.16. The molecule has 0 atom stereocenters. The molecule has 3 aromatic carbocycles. The van der Waals surface area contributed by atoms with E-state index in [1.54, 1.807) is 35.7 Å². The van der Waals surface area contributed by atoms with Crippen LogP contribution in [0.2, 0.25) is 0 Å². The van der Waals surface area contributed by atoms with Crippen molar-refractivity contribution in [3.63, 3.8) is 0 Å². The fourth-order valence-corrected chi connectivity index (χ4v) is 7.60. The third-order valence-electron chi connectivity index (χ3n) is 5.48. The first-order valence-corrected chi connectivity index (χ1v) is 15.7. The molecule has 0 bridgehead atoms. The maximum atomic E-state index is 13.7. The molecule has 0 saturated heterocycles. The Kier molecular flexibility index (Phi) is 8.94. The smallest absolute Gasteiger partial charge is 0.399 e. The first-order chi connectivity index (χ1) is 18.6.